The van der Waals surface area contributed by atoms with Gasteiger partial charge in [-0.1, -0.05) is 13.8 Å². The Hall–Kier alpha value is -0.900. The maximum Gasteiger partial charge on any atom is 0.111 e. The van der Waals surface area contributed by atoms with Crippen LogP contribution in [0, 0.1) is 0 Å². The first-order valence-electron chi connectivity index (χ1n) is 4.20. The first kappa shape index (κ1) is 10.2. The molecule has 13 heavy (non-hydrogen) atoms. The van der Waals surface area contributed by atoms with E-state index in [2.05, 4.69) is 26.0 Å². The SMILES string of the molecule is CC.Cn1cc2cc(Br)ncc2n1. The molecule has 0 fully saturated rings. The van der Waals surface area contributed by atoms with Crippen molar-refractivity contribution in [2.45, 2.75) is 13.8 Å². The van der Waals surface area contributed by atoms with E-state index in [1.54, 1.807) is 10.9 Å². The van der Waals surface area contributed by atoms with Crippen LogP contribution in [0.2, 0.25) is 0 Å². The third-order valence-corrected chi connectivity index (χ3v) is 1.91. The summed E-state index contributed by atoms with van der Waals surface area (Å²) in [6.07, 6.45) is 3.71. The maximum atomic E-state index is 4.19. The van der Waals surface area contributed by atoms with Crippen LogP contribution < -0.4 is 0 Å². The van der Waals surface area contributed by atoms with E-state index in [0.717, 1.165) is 15.5 Å². The number of hydrogen-bond donors (Lipinski definition) is 0. The van der Waals surface area contributed by atoms with Gasteiger partial charge in [0.15, 0.2) is 0 Å². The Kier molecular flexibility index (Phi) is 3.42. The molecule has 4 heteroatoms. The largest absolute Gasteiger partial charge is 0.275 e. The molecule has 0 aliphatic heterocycles. The van der Waals surface area contributed by atoms with E-state index in [-0.39, 0.29) is 0 Å². The summed E-state index contributed by atoms with van der Waals surface area (Å²) in [5.41, 5.74) is 0.927. The number of aryl methyl sites for hydroxylation is 1. The second-order valence-electron chi connectivity index (χ2n) is 2.37. The molecule has 0 atom stereocenters. The zero-order valence-electron chi connectivity index (χ0n) is 7.95. The van der Waals surface area contributed by atoms with Crippen LogP contribution in [0.3, 0.4) is 0 Å². The van der Waals surface area contributed by atoms with Crippen molar-refractivity contribution in [2.24, 2.45) is 7.05 Å². The molecule has 0 N–H and O–H groups in total. The molecule has 3 nitrogen and oxygen atoms in total. The van der Waals surface area contributed by atoms with Gasteiger partial charge >= 0.3 is 0 Å². The van der Waals surface area contributed by atoms with E-state index in [0.29, 0.717) is 0 Å². The lowest BCUT2D eigenvalue weighted by molar-refractivity contribution is 0.779. The Morgan fingerprint density at radius 3 is 2.77 bits per heavy atom. The summed E-state index contributed by atoms with van der Waals surface area (Å²) < 4.78 is 2.62. The van der Waals surface area contributed by atoms with E-state index >= 15 is 0 Å². The Bertz CT molecular complexity index is 395. The second-order valence-corrected chi connectivity index (χ2v) is 3.18. The molecule has 0 saturated carbocycles. The van der Waals surface area contributed by atoms with Crippen LogP contribution in [0.4, 0.5) is 0 Å². The van der Waals surface area contributed by atoms with Gasteiger partial charge in [0, 0.05) is 18.6 Å². The molecule has 0 spiro atoms. The fourth-order valence-electron chi connectivity index (χ4n) is 1.02. The molecule has 0 amide bonds. The highest BCUT2D eigenvalue weighted by atomic mass is 79.9. The lowest BCUT2D eigenvalue weighted by Crippen LogP contribution is -1.84. The molecule has 0 unspecified atom stereocenters. The third-order valence-electron chi connectivity index (χ3n) is 1.47. The molecule has 0 aliphatic carbocycles. The molecule has 0 radical (unpaired) electrons. The van der Waals surface area contributed by atoms with Gasteiger partial charge in [0.1, 0.15) is 10.1 Å². The lowest BCUT2D eigenvalue weighted by Gasteiger charge is -1.86. The first-order chi connectivity index (χ1) is 6.25. The van der Waals surface area contributed by atoms with Crippen molar-refractivity contribution in [3.05, 3.63) is 23.1 Å². The topological polar surface area (TPSA) is 30.7 Å². The molecular formula is C9H12BrN3. The molecule has 2 rings (SSSR count). The minimum atomic E-state index is 0.845. The molecular weight excluding hydrogens is 230 g/mol. The van der Waals surface area contributed by atoms with Gasteiger partial charge in [0.25, 0.3) is 0 Å². The van der Waals surface area contributed by atoms with Crippen molar-refractivity contribution in [3.8, 4) is 0 Å². The molecule has 0 saturated heterocycles. The zero-order chi connectivity index (χ0) is 9.84. The van der Waals surface area contributed by atoms with E-state index < -0.39 is 0 Å². The average molecular weight is 242 g/mol. The summed E-state index contributed by atoms with van der Waals surface area (Å²) in [7, 11) is 1.90. The summed E-state index contributed by atoms with van der Waals surface area (Å²) in [6, 6.07) is 1.95. The summed E-state index contributed by atoms with van der Waals surface area (Å²) in [5, 5.41) is 5.29. The van der Waals surface area contributed by atoms with Gasteiger partial charge in [0.2, 0.25) is 0 Å². The van der Waals surface area contributed by atoms with E-state index in [9.17, 15) is 0 Å². The normalized spacial score (nSPS) is 9.54. The summed E-state index contributed by atoms with van der Waals surface area (Å²) in [6.45, 7) is 4.00. The smallest absolute Gasteiger partial charge is 0.111 e. The first-order valence-corrected chi connectivity index (χ1v) is 5.00. The third kappa shape index (κ3) is 2.28. The number of fused-ring (bicyclic) bond motifs is 1. The Morgan fingerprint density at radius 1 is 1.38 bits per heavy atom. The van der Waals surface area contributed by atoms with Crippen molar-refractivity contribution in [3.63, 3.8) is 0 Å². The Balaban J connectivity index is 0.000000396. The highest BCUT2D eigenvalue weighted by Crippen LogP contribution is 2.14. The van der Waals surface area contributed by atoms with Crippen LogP contribution in [-0.4, -0.2) is 14.8 Å². The standard InChI is InChI=1S/C7H6BrN3.C2H6/c1-11-4-5-2-7(8)9-3-6(5)10-11;1-2/h2-4H,1H3;1-2H3. The number of hydrogen-bond acceptors (Lipinski definition) is 2. The van der Waals surface area contributed by atoms with Gasteiger partial charge in [-0.05, 0) is 22.0 Å². The van der Waals surface area contributed by atoms with Crippen molar-refractivity contribution in [1.29, 1.82) is 0 Å². The number of aromatic nitrogens is 3. The zero-order valence-corrected chi connectivity index (χ0v) is 9.54. The van der Waals surface area contributed by atoms with E-state index in [4.69, 9.17) is 0 Å². The highest BCUT2D eigenvalue weighted by molar-refractivity contribution is 9.10. The molecule has 0 bridgehead atoms. The number of rotatable bonds is 0. The number of nitrogens with zero attached hydrogens (tertiary/aromatic N) is 3. The molecule has 0 aliphatic rings. The number of halogens is 1. The van der Waals surface area contributed by atoms with Gasteiger partial charge in [0.05, 0.1) is 6.20 Å². The van der Waals surface area contributed by atoms with E-state index in [1.807, 2.05) is 33.2 Å². The lowest BCUT2D eigenvalue weighted by atomic mass is 10.3. The highest BCUT2D eigenvalue weighted by Gasteiger charge is 1.97. The molecule has 0 aromatic carbocycles. The van der Waals surface area contributed by atoms with Crippen LogP contribution in [-0.2, 0) is 7.05 Å². The van der Waals surface area contributed by atoms with Crippen molar-refractivity contribution < 1.29 is 0 Å². The van der Waals surface area contributed by atoms with Crippen LogP contribution in [0.1, 0.15) is 13.8 Å². The van der Waals surface area contributed by atoms with Crippen molar-refractivity contribution in [1.82, 2.24) is 14.8 Å². The quantitative estimate of drug-likeness (QED) is 0.665. The minimum Gasteiger partial charge on any atom is -0.275 e. The second kappa shape index (κ2) is 4.37. The Labute approximate surface area is 85.9 Å². The monoisotopic (exact) mass is 241 g/mol. The fourth-order valence-corrected chi connectivity index (χ4v) is 1.37. The van der Waals surface area contributed by atoms with Gasteiger partial charge in [-0.2, -0.15) is 5.10 Å². The van der Waals surface area contributed by atoms with Gasteiger partial charge in [-0.25, -0.2) is 4.98 Å². The van der Waals surface area contributed by atoms with Crippen LogP contribution in [0.5, 0.6) is 0 Å². The summed E-state index contributed by atoms with van der Waals surface area (Å²) in [4.78, 5) is 4.06. The van der Waals surface area contributed by atoms with E-state index in [1.165, 1.54) is 0 Å². The molecule has 2 aromatic heterocycles. The molecule has 70 valence electrons. The van der Waals surface area contributed by atoms with Crippen LogP contribution in [0.15, 0.2) is 23.1 Å². The van der Waals surface area contributed by atoms with Gasteiger partial charge in [-0.3, -0.25) is 4.68 Å². The predicted octanol–water partition coefficient (Wildman–Crippen LogP) is 2.76. The van der Waals surface area contributed by atoms with Gasteiger partial charge in [-0.15, -0.1) is 0 Å². The number of pyridine rings is 1. The van der Waals surface area contributed by atoms with Crippen LogP contribution >= 0.6 is 15.9 Å². The summed E-state index contributed by atoms with van der Waals surface area (Å²) in [5.74, 6) is 0. The molecule has 2 heterocycles. The van der Waals surface area contributed by atoms with Gasteiger partial charge < -0.3 is 0 Å². The van der Waals surface area contributed by atoms with Crippen LogP contribution in [0.25, 0.3) is 10.9 Å². The average Bonchev–Trinajstić information content (AvgIpc) is 2.48. The van der Waals surface area contributed by atoms with Crippen molar-refractivity contribution in [2.75, 3.05) is 0 Å². The molecule has 2 aromatic rings. The summed E-state index contributed by atoms with van der Waals surface area (Å²) >= 11 is 3.29. The fraction of sp³-hybridized carbons (Fsp3) is 0.333. The Morgan fingerprint density at radius 2 is 2.08 bits per heavy atom. The maximum absolute atomic E-state index is 4.19. The van der Waals surface area contributed by atoms with Crippen molar-refractivity contribution >= 4 is 26.8 Å². The minimum absolute atomic E-state index is 0.845. The predicted molar refractivity (Wildman–Crippen MR) is 57.6 cm³/mol.